The number of thioether (sulfide) groups is 1. The molecular weight excluding hydrogens is 289 g/mol. The molecule has 0 spiro atoms. The van der Waals surface area contributed by atoms with Gasteiger partial charge in [-0.15, -0.1) is 11.8 Å². The molecule has 0 aromatic heterocycles. The summed E-state index contributed by atoms with van der Waals surface area (Å²) >= 11 is 1.65. The largest absolute Gasteiger partial charge is 0.488 e. The number of alkyl carbamates (subject to hydrolysis) is 1. The Morgan fingerprint density at radius 3 is 2.43 bits per heavy atom. The molecule has 5 nitrogen and oxygen atoms in total. The second kappa shape index (κ2) is 8.31. The molecule has 0 atom stereocenters. The Labute approximate surface area is 130 Å². The Kier molecular flexibility index (Phi) is 7.08. The molecule has 1 rings (SSSR count). The predicted molar refractivity (Wildman–Crippen MR) is 85.8 cm³/mol. The maximum Gasteiger partial charge on any atom is 0.488 e. The van der Waals surface area contributed by atoms with Gasteiger partial charge < -0.3 is 20.1 Å². The van der Waals surface area contributed by atoms with Crippen molar-refractivity contribution in [2.24, 2.45) is 0 Å². The van der Waals surface area contributed by atoms with Gasteiger partial charge in [-0.3, -0.25) is 0 Å². The molecule has 0 saturated carbocycles. The van der Waals surface area contributed by atoms with E-state index in [4.69, 9.17) is 14.8 Å². The molecule has 0 bridgehead atoms. The fourth-order valence-corrected chi connectivity index (χ4v) is 2.36. The third kappa shape index (κ3) is 7.99. The minimum Gasteiger partial charge on any atom is -0.444 e. The van der Waals surface area contributed by atoms with Crippen molar-refractivity contribution in [3.8, 4) is 0 Å². The van der Waals surface area contributed by atoms with Gasteiger partial charge in [-0.1, -0.05) is 12.1 Å². The summed E-state index contributed by atoms with van der Waals surface area (Å²) in [7, 11) is -1.43. The van der Waals surface area contributed by atoms with Crippen LogP contribution in [0, 0.1) is 0 Å². The molecule has 0 aliphatic heterocycles. The standard InChI is InChI=1S/C14H22BNO4S/c1-14(2,3)20-13(17)16-9-4-10-21-12-7-5-11(6-8-12)15(18)19/h5-8,18-19H,4,9-10H2,1-3H3,(H,16,17). The molecule has 0 heterocycles. The van der Waals surface area contributed by atoms with E-state index in [2.05, 4.69) is 5.32 Å². The minimum absolute atomic E-state index is 0.395. The van der Waals surface area contributed by atoms with Crippen molar-refractivity contribution >= 4 is 30.4 Å². The van der Waals surface area contributed by atoms with Crippen LogP contribution in [-0.4, -0.2) is 41.2 Å². The Balaban J connectivity index is 2.18. The van der Waals surface area contributed by atoms with Crippen molar-refractivity contribution in [3.05, 3.63) is 24.3 Å². The highest BCUT2D eigenvalue weighted by atomic mass is 32.2. The number of rotatable bonds is 6. The van der Waals surface area contributed by atoms with Gasteiger partial charge in [0.15, 0.2) is 0 Å². The average Bonchev–Trinajstić information content (AvgIpc) is 2.36. The number of ether oxygens (including phenoxy) is 1. The summed E-state index contributed by atoms with van der Waals surface area (Å²) in [4.78, 5) is 12.5. The maximum absolute atomic E-state index is 11.4. The van der Waals surface area contributed by atoms with E-state index in [-0.39, 0.29) is 0 Å². The Morgan fingerprint density at radius 2 is 1.90 bits per heavy atom. The zero-order valence-electron chi connectivity index (χ0n) is 12.6. The zero-order chi connectivity index (χ0) is 15.9. The third-order valence-electron chi connectivity index (χ3n) is 2.44. The lowest BCUT2D eigenvalue weighted by Gasteiger charge is -2.19. The van der Waals surface area contributed by atoms with Crippen LogP contribution in [-0.2, 0) is 4.74 Å². The number of carbonyl (C=O) groups excluding carboxylic acids is 1. The molecule has 116 valence electrons. The summed E-state index contributed by atoms with van der Waals surface area (Å²) in [5, 5.41) is 20.7. The molecule has 3 N–H and O–H groups in total. The number of amides is 1. The van der Waals surface area contributed by atoms with Gasteiger partial charge in [0.1, 0.15) is 5.60 Å². The number of carbonyl (C=O) groups is 1. The van der Waals surface area contributed by atoms with Crippen LogP contribution in [0.3, 0.4) is 0 Å². The molecule has 0 aliphatic carbocycles. The summed E-state index contributed by atoms with van der Waals surface area (Å²) < 4.78 is 5.13. The van der Waals surface area contributed by atoms with E-state index in [1.807, 2.05) is 32.9 Å². The van der Waals surface area contributed by atoms with E-state index in [0.29, 0.717) is 12.0 Å². The fourth-order valence-electron chi connectivity index (χ4n) is 1.50. The van der Waals surface area contributed by atoms with Crippen molar-refractivity contribution in [1.82, 2.24) is 5.32 Å². The van der Waals surface area contributed by atoms with Crippen molar-refractivity contribution in [1.29, 1.82) is 0 Å². The second-order valence-electron chi connectivity index (χ2n) is 5.57. The monoisotopic (exact) mass is 311 g/mol. The normalized spacial score (nSPS) is 11.1. The van der Waals surface area contributed by atoms with E-state index in [1.165, 1.54) is 0 Å². The number of hydrogen-bond donors (Lipinski definition) is 3. The summed E-state index contributed by atoms with van der Waals surface area (Å²) in [6.07, 6.45) is 0.433. The van der Waals surface area contributed by atoms with Crippen LogP contribution in [0.1, 0.15) is 27.2 Å². The van der Waals surface area contributed by atoms with Gasteiger partial charge >= 0.3 is 13.2 Å². The van der Waals surface area contributed by atoms with Gasteiger partial charge in [0.2, 0.25) is 0 Å². The highest BCUT2D eigenvalue weighted by molar-refractivity contribution is 7.99. The summed E-state index contributed by atoms with van der Waals surface area (Å²) in [5.74, 6) is 0.858. The van der Waals surface area contributed by atoms with Gasteiger partial charge in [-0.2, -0.15) is 0 Å². The molecular formula is C14H22BNO4S. The number of hydrogen-bond acceptors (Lipinski definition) is 5. The molecule has 1 aromatic carbocycles. The smallest absolute Gasteiger partial charge is 0.444 e. The van der Waals surface area contributed by atoms with E-state index < -0.39 is 18.8 Å². The minimum atomic E-state index is -1.43. The van der Waals surface area contributed by atoms with Crippen LogP contribution in [0.15, 0.2) is 29.2 Å². The van der Waals surface area contributed by atoms with Crippen LogP contribution in [0.5, 0.6) is 0 Å². The first-order chi connectivity index (χ1) is 9.78. The molecule has 1 aromatic rings. The van der Waals surface area contributed by atoms with Gasteiger partial charge in [0, 0.05) is 11.4 Å². The maximum atomic E-state index is 11.4. The van der Waals surface area contributed by atoms with Gasteiger partial charge in [0.05, 0.1) is 0 Å². The first-order valence-corrected chi connectivity index (χ1v) is 7.82. The first-order valence-electron chi connectivity index (χ1n) is 6.84. The highest BCUT2D eigenvalue weighted by Crippen LogP contribution is 2.17. The highest BCUT2D eigenvalue weighted by Gasteiger charge is 2.15. The van der Waals surface area contributed by atoms with Crippen molar-refractivity contribution in [3.63, 3.8) is 0 Å². The van der Waals surface area contributed by atoms with Gasteiger partial charge in [0.25, 0.3) is 0 Å². The lowest BCUT2D eigenvalue weighted by atomic mass is 9.81. The van der Waals surface area contributed by atoms with Crippen molar-refractivity contribution < 1.29 is 19.6 Å². The Bertz CT molecular complexity index is 445. The second-order valence-corrected chi connectivity index (χ2v) is 6.74. The van der Waals surface area contributed by atoms with Crippen LogP contribution in [0.4, 0.5) is 4.79 Å². The number of nitrogens with one attached hydrogen (secondary N) is 1. The predicted octanol–water partition coefficient (Wildman–Crippen LogP) is 1.37. The summed E-state index contributed by atoms with van der Waals surface area (Å²) in [6.45, 7) is 6.05. The van der Waals surface area contributed by atoms with Gasteiger partial charge in [-0.25, -0.2) is 4.79 Å². The first kappa shape index (κ1) is 17.9. The van der Waals surface area contributed by atoms with Crippen molar-refractivity contribution in [2.45, 2.75) is 37.7 Å². The molecule has 1 amide bonds. The fraction of sp³-hybridized carbons (Fsp3) is 0.500. The SMILES string of the molecule is CC(C)(C)OC(=O)NCCCSc1ccc(B(O)O)cc1. The average molecular weight is 311 g/mol. The van der Waals surface area contributed by atoms with Gasteiger partial charge in [-0.05, 0) is 50.5 Å². The lowest BCUT2D eigenvalue weighted by molar-refractivity contribution is 0.0528. The topological polar surface area (TPSA) is 78.8 Å². The van der Waals surface area contributed by atoms with E-state index in [1.54, 1.807) is 23.9 Å². The van der Waals surface area contributed by atoms with E-state index in [9.17, 15) is 4.79 Å². The summed E-state index contributed by atoms with van der Waals surface area (Å²) in [5.41, 5.74) is 0.00337. The van der Waals surface area contributed by atoms with Crippen LogP contribution in [0.2, 0.25) is 0 Å². The molecule has 0 radical (unpaired) electrons. The summed E-state index contributed by atoms with van der Waals surface area (Å²) in [6, 6.07) is 7.07. The number of benzene rings is 1. The lowest BCUT2D eigenvalue weighted by Crippen LogP contribution is -2.33. The Hall–Kier alpha value is -1.18. The quantitative estimate of drug-likeness (QED) is 0.420. The van der Waals surface area contributed by atoms with Crippen molar-refractivity contribution in [2.75, 3.05) is 12.3 Å². The van der Waals surface area contributed by atoms with Crippen LogP contribution < -0.4 is 10.8 Å². The van der Waals surface area contributed by atoms with E-state index in [0.717, 1.165) is 17.1 Å². The third-order valence-corrected chi connectivity index (χ3v) is 3.53. The van der Waals surface area contributed by atoms with Crippen LogP contribution >= 0.6 is 11.8 Å². The molecule has 0 fully saturated rings. The Morgan fingerprint density at radius 1 is 1.29 bits per heavy atom. The molecule has 7 heteroatoms. The molecule has 0 saturated heterocycles. The molecule has 0 unspecified atom stereocenters. The molecule has 21 heavy (non-hydrogen) atoms. The zero-order valence-corrected chi connectivity index (χ0v) is 13.4. The van der Waals surface area contributed by atoms with Crippen LogP contribution in [0.25, 0.3) is 0 Å². The van der Waals surface area contributed by atoms with E-state index >= 15 is 0 Å². The molecule has 0 aliphatic rings.